The van der Waals surface area contributed by atoms with Gasteiger partial charge in [0.15, 0.2) is 0 Å². The van der Waals surface area contributed by atoms with Gasteiger partial charge < -0.3 is 10.3 Å². The van der Waals surface area contributed by atoms with E-state index < -0.39 is 23.5 Å². The molecular formula is C20H13F5N4S. The third-order valence-corrected chi connectivity index (χ3v) is 5.09. The van der Waals surface area contributed by atoms with Crippen LogP contribution in [-0.4, -0.2) is 15.0 Å². The molecular weight excluding hydrogens is 423 g/mol. The molecule has 4 aromatic rings. The van der Waals surface area contributed by atoms with Crippen molar-refractivity contribution in [2.45, 2.75) is 16.8 Å². The Kier molecular flexibility index (Phi) is 5.33. The Labute approximate surface area is 171 Å². The Hall–Kier alpha value is -3.14. The highest BCUT2D eigenvalue weighted by molar-refractivity contribution is 7.98. The van der Waals surface area contributed by atoms with Crippen LogP contribution in [0.5, 0.6) is 0 Å². The van der Waals surface area contributed by atoms with Gasteiger partial charge >= 0.3 is 6.18 Å². The molecule has 4 rings (SSSR count). The predicted molar refractivity (Wildman–Crippen MR) is 105 cm³/mol. The second kappa shape index (κ2) is 7.94. The summed E-state index contributed by atoms with van der Waals surface area (Å²) in [5.74, 6) is -0.479. The smallest absolute Gasteiger partial charge is 0.355 e. The van der Waals surface area contributed by atoms with Crippen molar-refractivity contribution >= 4 is 34.2 Å². The number of imidazole rings is 1. The molecule has 10 heteroatoms. The summed E-state index contributed by atoms with van der Waals surface area (Å²) in [4.78, 5) is 11.3. The summed E-state index contributed by atoms with van der Waals surface area (Å²) >= 11 is 1.20. The highest BCUT2D eigenvalue weighted by atomic mass is 32.2. The lowest BCUT2D eigenvalue weighted by Crippen LogP contribution is -2.07. The van der Waals surface area contributed by atoms with E-state index in [-0.39, 0.29) is 5.69 Å². The van der Waals surface area contributed by atoms with E-state index in [4.69, 9.17) is 0 Å². The molecule has 30 heavy (non-hydrogen) atoms. The monoisotopic (exact) mass is 436 g/mol. The van der Waals surface area contributed by atoms with Gasteiger partial charge in [-0.3, -0.25) is 4.98 Å². The minimum absolute atomic E-state index is 0.260. The molecule has 2 N–H and O–H groups in total. The first-order chi connectivity index (χ1) is 14.3. The molecule has 0 aliphatic heterocycles. The molecule has 2 aromatic carbocycles. The largest absolute Gasteiger partial charge is 0.433 e. The van der Waals surface area contributed by atoms with Crippen LogP contribution >= 0.6 is 11.8 Å². The van der Waals surface area contributed by atoms with Crippen LogP contribution in [0.2, 0.25) is 0 Å². The van der Waals surface area contributed by atoms with E-state index in [1.807, 2.05) is 0 Å². The molecule has 0 aliphatic carbocycles. The summed E-state index contributed by atoms with van der Waals surface area (Å²) in [6.45, 7) is 0. The molecule has 154 valence electrons. The van der Waals surface area contributed by atoms with Crippen LogP contribution in [-0.2, 0) is 11.9 Å². The third kappa shape index (κ3) is 4.70. The normalized spacial score (nSPS) is 11.8. The maximum absolute atomic E-state index is 13.3. The van der Waals surface area contributed by atoms with Crippen molar-refractivity contribution in [2.75, 3.05) is 5.32 Å². The average Bonchev–Trinajstić information content (AvgIpc) is 3.07. The lowest BCUT2D eigenvalue weighted by Gasteiger charge is -2.06. The maximum atomic E-state index is 13.3. The Morgan fingerprint density at radius 2 is 1.70 bits per heavy atom. The molecule has 0 saturated carbocycles. The number of rotatable bonds is 5. The van der Waals surface area contributed by atoms with Gasteiger partial charge in [-0.15, -0.1) is 11.8 Å². The van der Waals surface area contributed by atoms with Gasteiger partial charge in [-0.25, -0.2) is 13.8 Å². The number of halogens is 5. The minimum atomic E-state index is -4.50. The molecule has 0 saturated heterocycles. The summed E-state index contributed by atoms with van der Waals surface area (Å²) in [7, 11) is 0. The molecule has 0 spiro atoms. The number of alkyl halides is 3. The van der Waals surface area contributed by atoms with Crippen molar-refractivity contribution in [2.24, 2.45) is 0 Å². The summed E-state index contributed by atoms with van der Waals surface area (Å²) in [5.41, 5.74) is 1.24. The summed E-state index contributed by atoms with van der Waals surface area (Å²) in [6, 6.07) is 10.8. The van der Waals surface area contributed by atoms with Gasteiger partial charge in [0.25, 0.3) is 0 Å². The van der Waals surface area contributed by atoms with Crippen LogP contribution in [0.3, 0.4) is 0 Å². The summed E-state index contributed by atoms with van der Waals surface area (Å²) in [6.07, 6.45) is -3.37. The van der Waals surface area contributed by atoms with Crippen molar-refractivity contribution in [1.29, 1.82) is 0 Å². The highest BCUT2D eigenvalue weighted by Crippen LogP contribution is 2.31. The minimum Gasteiger partial charge on any atom is -0.355 e. The maximum Gasteiger partial charge on any atom is 0.433 e. The number of anilines is 2. The molecule has 0 atom stereocenters. The van der Waals surface area contributed by atoms with Gasteiger partial charge in [-0.1, -0.05) is 0 Å². The van der Waals surface area contributed by atoms with E-state index in [9.17, 15) is 22.0 Å². The number of hydrogen-bond donors (Lipinski definition) is 2. The Morgan fingerprint density at radius 1 is 0.933 bits per heavy atom. The lowest BCUT2D eigenvalue weighted by atomic mass is 10.2. The predicted octanol–water partition coefficient (Wildman–Crippen LogP) is 6.29. The first kappa shape index (κ1) is 20.1. The van der Waals surface area contributed by atoms with Crippen LogP contribution in [0.1, 0.15) is 11.5 Å². The number of aromatic amines is 1. The van der Waals surface area contributed by atoms with E-state index >= 15 is 0 Å². The van der Waals surface area contributed by atoms with Crippen molar-refractivity contribution in [3.05, 3.63) is 77.9 Å². The van der Waals surface area contributed by atoms with Gasteiger partial charge in [0.05, 0.1) is 16.8 Å². The van der Waals surface area contributed by atoms with E-state index in [0.717, 1.165) is 23.8 Å². The van der Waals surface area contributed by atoms with Crippen molar-refractivity contribution < 1.29 is 22.0 Å². The second-order valence-electron chi connectivity index (χ2n) is 6.36. The molecule has 4 nitrogen and oxygen atoms in total. The molecule has 0 unspecified atom stereocenters. The first-order valence-corrected chi connectivity index (χ1v) is 9.63. The van der Waals surface area contributed by atoms with E-state index in [1.54, 1.807) is 18.2 Å². The van der Waals surface area contributed by atoms with Gasteiger partial charge in [0.2, 0.25) is 0 Å². The second-order valence-corrected chi connectivity index (χ2v) is 7.41. The Bertz CT molecular complexity index is 1190. The molecule has 2 heterocycles. The van der Waals surface area contributed by atoms with Crippen molar-refractivity contribution in [3.8, 4) is 0 Å². The van der Waals surface area contributed by atoms with Crippen LogP contribution in [0.15, 0.2) is 59.6 Å². The zero-order valence-corrected chi connectivity index (χ0v) is 15.9. The van der Waals surface area contributed by atoms with Gasteiger partial charge in [-0.05, 0) is 42.5 Å². The van der Waals surface area contributed by atoms with E-state index in [2.05, 4.69) is 20.3 Å². The van der Waals surface area contributed by atoms with Crippen LogP contribution < -0.4 is 5.32 Å². The Morgan fingerprint density at radius 3 is 2.43 bits per heavy atom. The number of pyridine rings is 1. The topological polar surface area (TPSA) is 53.6 Å². The fourth-order valence-corrected chi connectivity index (χ4v) is 3.60. The van der Waals surface area contributed by atoms with Gasteiger partial charge in [0.1, 0.15) is 23.2 Å². The molecule has 0 radical (unpaired) electrons. The van der Waals surface area contributed by atoms with Crippen LogP contribution in [0, 0.1) is 11.6 Å². The van der Waals surface area contributed by atoms with Crippen LogP contribution in [0.4, 0.5) is 33.3 Å². The lowest BCUT2D eigenvalue weighted by molar-refractivity contribution is -0.141. The standard InChI is InChI=1S/C20H13F5N4S/c21-11-5-12(22)7-14(6-11)27-13-1-2-16-17(8-13)29-19(28-16)10-30-15-3-4-26-18(9-15)20(23,24)25/h1-9,27H,10H2,(H,28,29). The number of thioether (sulfide) groups is 1. The van der Waals surface area contributed by atoms with Crippen LogP contribution in [0.25, 0.3) is 11.0 Å². The SMILES string of the molecule is Fc1cc(F)cc(Nc2ccc3[nH]c(CSc4ccnc(C(F)(F)F)c4)nc3c2)c1. The fourth-order valence-electron chi connectivity index (χ4n) is 2.81. The molecule has 2 aromatic heterocycles. The number of benzene rings is 2. The zero-order valence-electron chi connectivity index (χ0n) is 15.1. The summed E-state index contributed by atoms with van der Waals surface area (Å²) < 4.78 is 65.0. The number of aromatic nitrogens is 3. The molecule has 0 aliphatic rings. The number of nitrogens with zero attached hydrogens (tertiary/aromatic N) is 2. The molecule has 0 fully saturated rings. The molecule has 0 bridgehead atoms. The molecule has 0 amide bonds. The van der Waals surface area contributed by atoms with E-state index in [0.29, 0.717) is 27.7 Å². The average molecular weight is 436 g/mol. The third-order valence-electron chi connectivity index (χ3n) is 4.08. The number of nitrogens with one attached hydrogen (secondary N) is 2. The van der Waals surface area contributed by atoms with Crippen molar-refractivity contribution in [1.82, 2.24) is 15.0 Å². The number of fused-ring (bicyclic) bond motifs is 1. The first-order valence-electron chi connectivity index (χ1n) is 8.64. The van der Waals surface area contributed by atoms with Gasteiger partial charge in [-0.2, -0.15) is 13.2 Å². The highest BCUT2D eigenvalue weighted by Gasteiger charge is 2.32. The van der Waals surface area contributed by atoms with Crippen molar-refractivity contribution in [3.63, 3.8) is 0 Å². The zero-order chi connectivity index (χ0) is 21.3. The number of hydrogen-bond acceptors (Lipinski definition) is 4. The quantitative estimate of drug-likeness (QED) is 0.285. The Balaban J connectivity index is 1.49. The number of H-pyrrole nitrogens is 1. The fraction of sp³-hybridized carbons (Fsp3) is 0.100. The summed E-state index contributed by atoms with van der Waals surface area (Å²) in [5, 5.41) is 2.91. The van der Waals surface area contributed by atoms with Gasteiger partial charge in [0, 0.05) is 28.5 Å². The van der Waals surface area contributed by atoms with E-state index in [1.165, 1.54) is 30.0 Å².